The van der Waals surface area contributed by atoms with Gasteiger partial charge >= 0.3 is 12.1 Å². The monoisotopic (exact) mass is 253 g/mol. The van der Waals surface area contributed by atoms with Crippen molar-refractivity contribution in [2.45, 2.75) is 31.5 Å². The van der Waals surface area contributed by atoms with E-state index >= 15 is 0 Å². The van der Waals surface area contributed by atoms with Gasteiger partial charge in [-0.3, -0.25) is 0 Å². The maximum atomic E-state index is 13.0. The topological polar surface area (TPSA) is 19.9 Å². The zero-order chi connectivity index (χ0) is 13.5. The van der Waals surface area contributed by atoms with Crippen LogP contribution < -0.4 is 0 Å². The molecule has 0 saturated heterocycles. The summed E-state index contributed by atoms with van der Waals surface area (Å²) in [5.41, 5.74) is -3.05. The Labute approximate surface area is 94.9 Å². The fraction of sp³-hybridized carbons (Fsp3) is 0.455. The molecular weight excluding hydrogens is 243 g/mol. The van der Waals surface area contributed by atoms with Gasteiger partial charge in [0.15, 0.2) is 0 Å². The van der Waals surface area contributed by atoms with Gasteiger partial charge in [-0.1, -0.05) is 18.2 Å². The molecular formula is C11H10F5O. The average molecular weight is 253 g/mol. The highest BCUT2D eigenvalue weighted by molar-refractivity contribution is 5.30. The normalized spacial score (nSPS) is 13.9. The van der Waals surface area contributed by atoms with Crippen LogP contribution in [0.1, 0.15) is 25.0 Å². The molecule has 0 aromatic heterocycles. The number of hydrogen-bond acceptors (Lipinski definition) is 0. The van der Waals surface area contributed by atoms with Crippen LogP contribution in [0.4, 0.5) is 22.0 Å². The van der Waals surface area contributed by atoms with Crippen molar-refractivity contribution in [2.75, 3.05) is 0 Å². The maximum absolute atomic E-state index is 13.0. The lowest BCUT2D eigenvalue weighted by molar-refractivity contribution is -0.289. The second kappa shape index (κ2) is 3.94. The van der Waals surface area contributed by atoms with E-state index in [-0.39, 0.29) is 5.56 Å². The Bertz CT molecular complexity index is 403. The molecule has 1 aromatic rings. The van der Waals surface area contributed by atoms with Crippen LogP contribution in [0.15, 0.2) is 24.3 Å². The van der Waals surface area contributed by atoms with Crippen molar-refractivity contribution in [3.8, 4) is 0 Å². The van der Waals surface area contributed by atoms with Crippen LogP contribution in [0.2, 0.25) is 0 Å². The molecule has 0 unspecified atom stereocenters. The highest BCUT2D eigenvalue weighted by atomic mass is 19.4. The molecule has 0 spiro atoms. The number of halogens is 5. The van der Waals surface area contributed by atoms with E-state index in [2.05, 4.69) is 0 Å². The molecule has 1 radical (unpaired) electrons. The molecule has 0 aliphatic carbocycles. The smallest absolute Gasteiger partial charge is 0.225 e. The fourth-order valence-electron chi connectivity index (χ4n) is 1.25. The second-order valence-corrected chi connectivity index (χ2v) is 4.16. The summed E-state index contributed by atoms with van der Waals surface area (Å²) < 4.78 is 62.4. The summed E-state index contributed by atoms with van der Waals surface area (Å²) in [4.78, 5) is 0. The molecule has 17 heavy (non-hydrogen) atoms. The quantitative estimate of drug-likeness (QED) is 0.710. The Morgan fingerprint density at radius 1 is 0.941 bits per heavy atom. The first-order valence-corrected chi connectivity index (χ1v) is 4.72. The van der Waals surface area contributed by atoms with E-state index in [0.717, 1.165) is 6.07 Å². The molecule has 0 amide bonds. The molecule has 1 aromatic carbocycles. The summed E-state index contributed by atoms with van der Waals surface area (Å²) in [6, 6.07) is 3.50. The minimum atomic E-state index is -5.67. The maximum Gasteiger partial charge on any atom is 0.458 e. The van der Waals surface area contributed by atoms with Gasteiger partial charge in [0.25, 0.3) is 0 Å². The lowest BCUT2D eigenvalue weighted by atomic mass is 9.95. The van der Waals surface area contributed by atoms with Crippen molar-refractivity contribution in [2.24, 2.45) is 0 Å². The Morgan fingerprint density at radius 2 is 1.41 bits per heavy atom. The molecule has 6 heteroatoms. The molecule has 0 aliphatic heterocycles. The second-order valence-electron chi connectivity index (χ2n) is 4.16. The molecule has 0 bridgehead atoms. The summed E-state index contributed by atoms with van der Waals surface area (Å²) in [6.45, 7) is 2.38. The van der Waals surface area contributed by atoms with E-state index in [1.165, 1.54) is 19.9 Å². The number of hydrogen-bond donors (Lipinski definition) is 0. The van der Waals surface area contributed by atoms with Gasteiger partial charge in [-0.2, -0.15) is 22.0 Å². The van der Waals surface area contributed by atoms with Crippen LogP contribution in [0, 0.1) is 0 Å². The summed E-state index contributed by atoms with van der Waals surface area (Å²) in [5.74, 6) is -4.95. The molecule has 0 N–H and O–H groups in total. The third-order valence-corrected chi connectivity index (χ3v) is 2.28. The van der Waals surface area contributed by atoms with Gasteiger partial charge in [-0.25, -0.2) is 5.11 Å². The summed E-state index contributed by atoms with van der Waals surface area (Å²) in [6.07, 6.45) is -5.67. The molecule has 0 heterocycles. The Morgan fingerprint density at radius 3 is 1.82 bits per heavy atom. The molecule has 0 atom stereocenters. The van der Waals surface area contributed by atoms with E-state index in [0.29, 0.717) is 12.1 Å². The number of alkyl halides is 5. The first kappa shape index (κ1) is 13.9. The minimum absolute atomic E-state index is 0.112. The van der Waals surface area contributed by atoms with Crippen LogP contribution in [-0.2, 0) is 16.6 Å². The lowest BCUT2D eigenvalue weighted by Crippen LogP contribution is -2.34. The fourth-order valence-corrected chi connectivity index (χ4v) is 1.25. The van der Waals surface area contributed by atoms with Gasteiger partial charge in [-0.15, -0.1) is 0 Å². The van der Waals surface area contributed by atoms with Gasteiger partial charge in [-0.05, 0) is 25.5 Å². The van der Waals surface area contributed by atoms with Crippen LogP contribution in [0.5, 0.6) is 0 Å². The van der Waals surface area contributed by atoms with Gasteiger partial charge in [0.05, 0.1) is 0 Å². The molecule has 1 nitrogen and oxygen atoms in total. The minimum Gasteiger partial charge on any atom is -0.225 e. The zero-order valence-corrected chi connectivity index (χ0v) is 9.11. The summed E-state index contributed by atoms with van der Waals surface area (Å²) in [5, 5.41) is 11.5. The molecule has 0 saturated carbocycles. The van der Waals surface area contributed by atoms with Crippen LogP contribution >= 0.6 is 0 Å². The van der Waals surface area contributed by atoms with E-state index in [4.69, 9.17) is 0 Å². The summed E-state index contributed by atoms with van der Waals surface area (Å²) >= 11 is 0. The van der Waals surface area contributed by atoms with Crippen LogP contribution in [0.25, 0.3) is 0 Å². The summed E-state index contributed by atoms with van der Waals surface area (Å²) in [7, 11) is 0. The van der Waals surface area contributed by atoms with Crippen molar-refractivity contribution < 1.29 is 27.1 Å². The van der Waals surface area contributed by atoms with Gasteiger partial charge in [0, 0.05) is 5.56 Å². The first-order valence-electron chi connectivity index (χ1n) is 4.72. The van der Waals surface area contributed by atoms with Gasteiger partial charge in [0.1, 0.15) is 5.60 Å². The molecule has 0 aliphatic rings. The van der Waals surface area contributed by atoms with E-state index < -0.39 is 23.3 Å². The third-order valence-electron chi connectivity index (χ3n) is 2.28. The van der Waals surface area contributed by atoms with Crippen molar-refractivity contribution >= 4 is 0 Å². The SMILES string of the molecule is CC(C)([O])c1cccc(C(F)(F)C(F)(F)F)c1. The third kappa shape index (κ3) is 2.74. The number of rotatable bonds is 2. The Kier molecular flexibility index (Phi) is 3.22. The standard InChI is InChI=1S/C11H10F5O/c1-9(2,17)7-4-3-5-8(6-7)10(12,13)11(14,15)16/h3-6H,1-2H3. The van der Waals surface area contributed by atoms with E-state index in [1.54, 1.807) is 0 Å². The van der Waals surface area contributed by atoms with Gasteiger partial charge in [0.2, 0.25) is 0 Å². The lowest BCUT2D eigenvalue weighted by Gasteiger charge is -2.22. The van der Waals surface area contributed by atoms with Crippen LogP contribution in [0.3, 0.4) is 0 Å². The highest BCUT2D eigenvalue weighted by Crippen LogP contribution is 2.44. The molecule has 1 rings (SSSR count). The predicted molar refractivity (Wildman–Crippen MR) is 50.1 cm³/mol. The van der Waals surface area contributed by atoms with Crippen molar-refractivity contribution in [3.63, 3.8) is 0 Å². The van der Waals surface area contributed by atoms with E-state index in [9.17, 15) is 27.1 Å². The largest absolute Gasteiger partial charge is 0.458 e. The molecule has 95 valence electrons. The Hall–Kier alpha value is -1.17. The molecule has 0 fully saturated rings. The van der Waals surface area contributed by atoms with Crippen molar-refractivity contribution in [1.82, 2.24) is 0 Å². The van der Waals surface area contributed by atoms with E-state index in [1.807, 2.05) is 0 Å². The Balaban J connectivity index is 3.26. The predicted octanol–water partition coefficient (Wildman–Crippen LogP) is 4.01. The highest BCUT2D eigenvalue weighted by Gasteiger charge is 2.58. The number of benzene rings is 1. The van der Waals surface area contributed by atoms with Crippen molar-refractivity contribution in [3.05, 3.63) is 35.4 Å². The average Bonchev–Trinajstić information content (AvgIpc) is 2.15. The van der Waals surface area contributed by atoms with Crippen molar-refractivity contribution in [1.29, 1.82) is 0 Å². The zero-order valence-electron chi connectivity index (χ0n) is 9.11. The van der Waals surface area contributed by atoms with Gasteiger partial charge < -0.3 is 0 Å². The first-order chi connectivity index (χ1) is 7.46. The van der Waals surface area contributed by atoms with Crippen LogP contribution in [-0.4, -0.2) is 6.18 Å².